The second kappa shape index (κ2) is 2.80. The van der Waals surface area contributed by atoms with Crippen LogP contribution in [0.15, 0.2) is 10.8 Å². The molecule has 0 amide bonds. The average Bonchev–Trinajstić information content (AvgIpc) is 2.72. The summed E-state index contributed by atoms with van der Waals surface area (Å²) < 4.78 is 4.79. The second-order valence-corrected chi connectivity index (χ2v) is 4.06. The average molecular weight is 179 g/mol. The maximum absolute atomic E-state index is 4.79. The summed E-state index contributed by atoms with van der Waals surface area (Å²) in [5.74, 6) is 0.909. The SMILES string of the molecule is c1onnc1C1CC2CCN1CC2. The lowest BCUT2D eigenvalue weighted by molar-refractivity contribution is 0.0467. The van der Waals surface area contributed by atoms with Gasteiger partial charge >= 0.3 is 0 Å². The molecule has 1 atom stereocenters. The van der Waals surface area contributed by atoms with Gasteiger partial charge in [-0.05, 0) is 38.3 Å². The molecule has 4 heterocycles. The van der Waals surface area contributed by atoms with E-state index < -0.39 is 0 Å². The van der Waals surface area contributed by atoms with Gasteiger partial charge in [0.1, 0.15) is 12.0 Å². The highest BCUT2D eigenvalue weighted by molar-refractivity contribution is 5.03. The first-order valence-electron chi connectivity index (χ1n) is 4.94. The standard InChI is InChI=1S/C9H13N3O/c1-3-12-4-2-7(1)5-9(12)8-6-13-11-10-8/h6-7,9H,1-5H2. The van der Waals surface area contributed by atoms with Gasteiger partial charge in [-0.3, -0.25) is 4.90 Å². The van der Waals surface area contributed by atoms with Crippen molar-refractivity contribution in [3.63, 3.8) is 0 Å². The summed E-state index contributed by atoms with van der Waals surface area (Å²) in [6, 6.07) is 0.485. The van der Waals surface area contributed by atoms with E-state index in [1.807, 2.05) is 0 Å². The molecular formula is C9H13N3O. The molecule has 3 saturated heterocycles. The molecule has 0 N–H and O–H groups in total. The maximum atomic E-state index is 4.79. The molecule has 1 aromatic rings. The summed E-state index contributed by atoms with van der Waals surface area (Å²) in [6.07, 6.45) is 5.66. The quantitative estimate of drug-likeness (QED) is 0.650. The van der Waals surface area contributed by atoms with E-state index in [2.05, 4.69) is 15.3 Å². The van der Waals surface area contributed by atoms with Crippen LogP contribution in [0.3, 0.4) is 0 Å². The molecule has 4 rings (SSSR count). The molecule has 0 radical (unpaired) electrons. The number of fused-ring (bicyclic) bond motifs is 3. The van der Waals surface area contributed by atoms with Crippen molar-refractivity contribution in [3.8, 4) is 0 Å². The van der Waals surface area contributed by atoms with Crippen molar-refractivity contribution in [3.05, 3.63) is 12.0 Å². The van der Waals surface area contributed by atoms with E-state index in [0.717, 1.165) is 11.6 Å². The smallest absolute Gasteiger partial charge is 0.149 e. The third kappa shape index (κ3) is 1.16. The van der Waals surface area contributed by atoms with Gasteiger partial charge in [-0.2, -0.15) is 0 Å². The van der Waals surface area contributed by atoms with Gasteiger partial charge in [0.15, 0.2) is 0 Å². The van der Waals surface area contributed by atoms with Crippen molar-refractivity contribution in [1.82, 2.24) is 15.3 Å². The van der Waals surface area contributed by atoms with Crippen LogP contribution in [0.25, 0.3) is 0 Å². The fourth-order valence-electron chi connectivity index (χ4n) is 2.59. The molecule has 70 valence electrons. The second-order valence-electron chi connectivity index (χ2n) is 4.06. The van der Waals surface area contributed by atoms with E-state index >= 15 is 0 Å². The highest BCUT2D eigenvalue weighted by atomic mass is 16.5. The predicted molar refractivity (Wildman–Crippen MR) is 46.0 cm³/mol. The Hall–Kier alpha value is -0.900. The van der Waals surface area contributed by atoms with Gasteiger partial charge in [-0.1, -0.05) is 0 Å². The zero-order chi connectivity index (χ0) is 8.67. The van der Waals surface area contributed by atoms with Gasteiger partial charge in [-0.25, -0.2) is 0 Å². The topological polar surface area (TPSA) is 42.2 Å². The summed E-state index contributed by atoms with van der Waals surface area (Å²) in [5, 5.41) is 7.53. The largest absolute Gasteiger partial charge is 0.345 e. The highest BCUT2D eigenvalue weighted by Crippen LogP contribution is 2.39. The van der Waals surface area contributed by atoms with Crippen LogP contribution >= 0.6 is 0 Å². The van der Waals surface area contributed by atoms with Crippen LogP contribution in [0, 0.1) is 5.92 Å². The summed E-state index contributed by atoms with van der Waals surface area (Å²) in [7, 11) is 0. The lowest BCUT2D eigenvalue weighted by Gasteiger charge is -2.44. The van der Waals surface area contributed by atoms with Crippen LogP contribution in [-0.4, -0.2) is 28.4 Å². The zero-order valence-corrected chi connectivity index (χ0v) is 7.52. The molecule has 2 bridgehead atoms. The number of hydrogen-bond donors (Lipinski definition) is 0. The molecule has 0 aliphatic carbocycles. The van der Waals surface area contributed by atoms with Gasteiger partial charge < -0.3 is 4.52 Å². The third-order valence-electron chi connectivity index (χ3n) is 3.36. The molecule has 3 fully saturated rings. The predicted octanol–water partition coefficient (Wildman–Crippen LogP) is 1.23. The Morgan fingerprint density at radius 2 is 2.23 bits per heavy atom. The summed E-state index contributed by atoms with van der Waals surface area (Å²) in [4.78, 5) is 2.50. The van der Waals surface area contributed by atoms with Gasteiger partial charge in [0, 0.05) is 5.27 Å². The molecule has 1 aromatic heterocycles. The molecule has 3 aliphatic rings. The van der Waals surface area contributed by atoms with E-state index in [-0.39, 0.29) is 0 Å². The summed E-state index contributed by atoms with van der Waals surface area (Å²) in [6.45, 7) is 2.45. The van der Waals surface area contributed by atoms with E-state index in [4.69, 9.17) is 4.52 Å². The minimum Gasteiger partial charge on any atom is -0.345 e. The molecule has 3 aliphatic heterocycles. The van der Waals surface area contributed by atoms with E-state index in [1.54, 1.807) is 6.26 Å². The maximum Gasteiger partial charge on any atom is 0.149 e. The molecule has 1 unspecified atom stereocenters. The third-order valence-corrected chi connectivity index (χ3v) is 3.36. The Balaban J connectivity index is 1.85. The number of aromatic nitrogens is 2. The first kappa shape index (κ1) is 7.50. The van der Waals surface area contributed by atoms with Crippen molar-refractivity contribution >= 4 is 0 Å². The van der Waals surface area contributed by atoms with Crippen molar-refractivity contribution < 1.29 is 4.52 Å². The van der Waals surface area contributed by atoms with E-state index in [1.165, 1.54) is 32.4 Å². The number of hydrogen-bond acceptors (Lipinski definition) is 4. The van der Waals surface area contributed by atoms with Crippen LogP contribution < -0.4 is 0 Å². The zero-order valence-electron chi connectivity index (χ0n) is 7.52. The van der Waals surface area contributed by atoms with Crippen molar-refractivity contribution in [2.75, 3.05) is 13.1 Å². The number of nitrogens with zero attached hydrogens (tertiary/aromatic N) is 3. The Morgan fingerprint density at radius 3 is 2.77 bits per heavy atom. The van der Waals surface area contributed by atoms with Crippen molar-refractivity contribution in [1.29, 1.82) is 0 Å². The normalized spacial score (nSPS) is 38.0. The minimum absolute atomic E-state index is 0.485. The van der Waals surface area contributed by atoms with Crippen molar-refractivity contribution in [2.24, 2.45) is 5.92 Å². The molecule has 4 heteroatoms. The fourth-order valence-corrected chi connectivity index (χ4v) is 2.59. The van der Waals surface area contributed by atoms with Gasteiger partial charge in [0.05, 0.1) is 6.04 Å². The fraction of sp³-hybridized carbons (Fsp3) is 0.778. The van der Waals surface area contributed by atoms with Crippen LogP contribution in [0.2, 0.25) is 0 Å². The summed E-state index contributed by atoms with van der Waals surface area (Å²) in [5.41, 5.74) is 1.02. The molecular weight excluding hydrogens is 166 g/mol. The number of rotatable bonds is 1. The first-order valence-corrected chi connectivity index (χ1v) is 4.94. The van der Waals surface area contributed by atoms with Crippen molar-refractivity contribution in [2.45, 2.75) is 25.3 Å². The lowest BCUT2D eigenvalue weighted by atomic mass is 9.82. The van der Waals surface area contributed by atoms with Crippen LogP contribution in [0.1, 0.15) is 31.0 Å². The molecule has 0 aromatic carbocycles. The Labute approximate surface area is 76.9 Å². The van der Waals surface area contributed by atoms with Crippen LogP contribution in [0.5, 0.6) is 0 Å². The summed E-state index contributed by atoms with van der Waals surface area (Å²) >= 11 is 0. The minimum atomic E-state index is 0.485. The van der Waals surface area contributed by atoms with Gasteiger partial charge in [0.2, 0.25) is 0 Å². The number of piperidine rings is 3. The van der Waals surface area contributed by atoms with E-state index in [9.17, 15) is 0 Å². The Kier molecular flexibility index (Phi) is 1.62. The van der Waals surface area contributed by atoms with Gasteiger partial charge in [0.25, 0.3) is 0 Å². The van der Waals surface area contributed by atoms with Crippen LogP contribution in [0.4, 0.5) is 0 Å². The molecule has 13 heavy (non-hydrogen) atoms. The van der Waals surface area contributed by atoms with Crippen LogP contribution in [-0.2, 0) is 0 Å². The first-order chi connectivity index (χ1) is 6.43. The monoisotopic (exact) mass is 179 g/mol. The Morgan fingerprint density at radius 1 is 1.38 bits per heavy atom. The molecule has 0 saturated carbocycles. The molecule has 0 spiro atoms. The van der Waals surface area contributed by atoms with Gasteiger partial charge in [-0.15, -0.1) is 5.10 Å². The Bertz CT molecular complexity index is 277. The highest BCUT2D eigenvalue weighted by Gasteiger charge is 2.35. The van der Waals surface area contributed by atoms with E-state index in [0.29, 0.717) is 6.04 Å². The molecule has 4 nitrogen and oxygen atoms in total. The lowest BCUT2D eigenvalue weighted by Crippen LogP contribution is -2.43.